The summed E-state index contributed by atoms with van der Waals surface area (Å²) in [5.41, 5.74) is 7.21. The van der Waals surface area contributed by atoms with Crippen molar-refractivity contribution in [3.8, 4) is 0 Å². The molecule has 16 heavy (non-hydrogen) atoms. The summed E-state index contributed by atoms with van der Waals surface area (Å²) in [6, 6.07) is 10.0. The number of hydrogen-bond donors (Lipinski definition) is 2. The average molecular weight is 216 g/mol. The van der Waals surface area contributed by atoms with Crippen LogP contribution in [-0.4, -0.2) is 15.2 Å². The number of aryl methyl sites for hydroxylation is 1. The molecule has 0 amide bonds. The lowest BCUT2D eigenvalue weighted by molar-refractivity contribution is 0.689. The van der Waals surface area contributed by atoms with E-state index in [0.717, 1.165) is 23.6 Å². The fraction of sp³-hybridized carbons (Fsp3) is 0.333. The quantitative estimate of drug-likeness (QED) is 0.815. The van der Waals surface area contributed by atoms with Crippen molar-refractivity contribution in [2.75, 3.05) is 0 Å². The Hall–Kier alpha value is -1.68. The highest BCUT2D eigenvalue weighted by atomic mass is 15.2. The van der Waals surface area contributed by atoms with Gasteiger partial charge in [0.1, 0.15) is 11.6 Å². The maximum atomic E-state index is 6.09. The fourth-order valence-electron chi connectivity index (χ4n) is 1.61. The van der Waals surface area contributed by atoms with Gasteiger partial charge in [-0.25, -0.2) is 4.98 Å². The minimum atomic E-state index is -0.0288. The van der Waals surface area contributed by atoms with Crippen LogP contribution in [0.1, 0.15) is 30.2 Å². The van der Waals surface area contributed by atoms with Crippen LogP contribution in [0.4, 0.5) is 0 Å². The van der Waals surface area contributed by atoms with E-state index in [1.165, 1.54) is 0 Å². The smallest absolute Gasteiger partial charge is 0.150 e. The second kappa shape index (κ2) is 4.90. The first-order valence-corrected chi connectivity index (χ1v) is 5.50. The standard InChI is InChI=1S/C12H16N4/c1-2-11-14-12(16-15-11)8-10(13)9-6-4-3-5-7-9/h3-7,10H,2,8,13H2,1H3,(H,14,15,16). The van der Waals surface area contributed by atoms with E-state index in [0.29, 0.717) is 6.42 Å². The Morgan fingerprint density at radius 1 is 1.31 bits per heavy atom. The third kappa shape index (κ3) is 2.46. The molecular formula is C12H16N4. The third-order valence-electron chi connectivity index (χ3n) is 2.54. The molecule has 0 aliphatic heterocycles. The van der Waals surface area contributed by atoms with Crippen LogP contribution in [0.25, 0.3) is 0 Å². The van der Waals surface area contributed by atoms with Gasteiger partial charge in [-0.05, 0) is 5.56 Å². The Morgan fingerprint density at radius 3 is 2.69 bits per heavy atom. The number of benzene rings is 1. The lowest BCUT2D eigenvalue weighted by Crippen LogP contribution is -2.14. The van der Waals surface area contributed by atoms with E-state index < -0.39 is 0 Å². The molecule has 1 aromatic heterocycles. The van der Waals surface area contributed by atoms with Gasteiger partial charge < -0.3 is 5.73 Å². The first-order valence-electron chi connectivity index (χ1n) is 5.50. The molecule has 0 radical (unpaired) electrons. The van der Waals surface area contributed by atoms with Crippen molar-refractivity contribution in [2.24, 2.45) is 5.73 Å². The maximum absolute atomic E-state index is 6.09. The Labute approximate surface area is 94.9 Å². The molecule has 1 aromatic carbocycles. The molecule has 0 bridgehead atoms. The van der Waals surface area contributed by atoms with E-state index in [1.54, 1.807) is 0 Å². The Morgan fingerprint density at radius 2 is 2.06 bits per heavy atom. The largest absolute Gasteiger partial charge is 0.324 e. The number of nitrogens with zero attached hydrogens (tertiary/aromatic N) is 2. The van der Waals surface area contributed by atoms with Crippen LogP contribution in [0.3, 0.4) is 0 Å². The first kappa shape index (κ1) is 10.8. The number of H-pyrrole nitrogens is 1. The number of rotatable bonds is 4. The van der Waals surface area contributed by atoms with Crippen molar-refractivity contribution in [3.63, 3.8) is 0 Å². The zero-order valence-electron chi connectivity index (χ0n) is 9.35. The van der Waals surface area contributed by atoms with Crippen molar-refractivity contribution in [2.45, 2.75) is 25.8 Å². The summed E-state index contributed by atoms with van der Waals surface area (Å²) >= 11 is 0. The summed E-state index contributed by atoms with van der Waals surface area (Å²) in [6.45, 7) is 2.03. The predicted octanol–water partition coefficient (Wildman–Crippen LogP) is 1.61. The molecule has 1 heterocycles. The lowest BCUT2D eigenvalue weighted by Gasteiger charge is -2.09. The van der Waals surface area contributed by atoms with Crippen molar-refractivity contribution >= 4 is 0 Å². The van der Waals surface area contributed by atoms with E-state index in [1.807, 2.05) is 37.3 Å². The summed E-state index contributed by atoms with van der Waals surface area (Å²) < 4.78 is 0. The van der Waals surface area contributed by atoms with E-state index in [4.69, 9.17) is 5.73 Å². The molecule has 4 nitrogen and oxygen atoms in total. The minimum Gasteiger partial charge on any atom is -0.324 e. The summed E-state index contributed by atoms with van der Waals surface area (Å²) in [5, 5.41) is 7.01. The number of aromatic nitrogens is 3. The van der Waals surface area contributed by atoms with E-state index in [-0.39, 0.29) is 6.04 Å². The molecular weight excluding hydrogens is 200 g/mol. The highest BCUT2D eigenvalue weighted by molar-refractivity contribution is 5.19. The highest BCUT2D eigenvalue weighted by Gasteiger charge is 2.09. The highest BCUT2D eigenvalue weighted by Crippen LogP contribution is 2.13. The minimum absolute atomic E-state index is 0.0288. The summed E-state index contributed by atoms with van der Waals surface area (Å²) in [5.74, 6) is 1.70. The van der Waals surface area contributed by atoms with Crippen LogP contribution < -0.4 is 5.73 Å². The van der Waals surface area contributed by atoms with Crippen molar-refractivity contribution in [1.82, 2.24) is 15.2 Å². The molecule has 4 heteroatoms. The topological polar surface area (TPSA) is 67.6 Å². The van der Waals surface area contributed by atoms with E-state index in [9.17, 15) is 0 Å². The first-order chi connectivity index (χ1) is 7.79. The molecule has 2 aromatic rings. The Balaban J connectivity index is 2.05. The molecule has 0 fully saturated rings. The monoisotopic (exact) mass is 216 g/mol. The summed E-state index contributed by atoms with van der Waals surface area (Å²) in [7, 11) is 0. The van der Waals surface area contributed by atoms with Crippen LogP contribution in [0.15, 0.2) is 30.3 Å². The van der Waals surface area contributed by atoms with Crippen LogP contribution >= 0.6 is 0 Å². The lowest BCUT2D eigenvalue weighted by atomic mass is 10.0. The van der Waals surface area contributed by atoms with Gasteiger partial charge in [-0.15, -0.1) is 0 Å². The molecule has 1 atom stereocenters. The molecule has 0 saturated carbocycles. The van der Waals surface area contributed by atoms with Gasteiger partial charge in [0.15, 0.2) is 0 Å². The summed E-state index contributed by atoms with van der Waals surface area (Å²) in [6.07, 6.45) is 1.54. The molecule has 84 valence electrons. The number of aromatic amines is 1. The van der Waals surface area contributed by atoms with Gasteiger partial charge in [0.05, 0.1) is 0 Å². The normalized spacial score (nSPS) is 12.6. The van der Waals surface area contributed by atoms with Crippen molar-refractivity contribution in [3.05, 3.63) is 47.5 Å². The van der Waals surface area contributed by atoms with Crippen LogP contribution in [-0.2, 0) is 12.8 Å². The SMILES string of the molecule is CCc1n[nH]c(CC(N)c2ccccc2)n1. The Bertz CT molecular complexity index is 435. The molecule has 0 saturated heterocycles. The molecule has 2 rings (SSSR count). The van der Waals surface area contributed by atoms with Crippen LogP contribution in [0, 0.1) is 0 Å². The Kier molecular flexibility index (Phi) is 3.31. The van der Waals surface area contributed by atoms with Gasteiger partial charge in [-0.1, -0.05) is 37.3 Å². The van der Waals surface area contributed by atoms with Gasteiger partial charge in [0, 0.05) is 18.9 Å². The molecule has 1 unspecified atom stereocenters. The molecule has 0 spiro atoms. The van der Waals surface area contributed by atoms with Crippen LogP contribution in [0.5, 0.6) is 0 Å². The molecule has 3 N–H and O–H groups in total. The van der Waals surface area contributed by atoms with Crippen molar-refractivity contribution < 1.29 is 0 Å². The zero-order valence-corrected chi connectivity index (χ0v) is 9.35. The van der Waals surface area contributed by atoms with Gasteiger partial charge in [-0.2, -0.15) is 5.10 Å². The van der Waals surface area contributed by atoms with Crippen molar-refractivity contribution in [1.29, 1.82) is 0 Å². The number of nitrogens with two attached hydrogens (primary N) is 1. The second-order valence-corrected chi connectivity index (χ2v) is 3.77. The number of nitrogens with one attached hydrogen (secondary N) is 1. The fourth-order valence-corrected chi connectivity index (χ4v) is 1.61. The van der Waals surface area contributed by atoms with E-state index in [2.05, 4.69) is 15.2 Å². The average Bonchev–Trinajstić information content (AvgIpc) is 2.78. The zero-order chi connectivity index (χ0) is 11.4. The van der Waals surface area contributed by atoms with Gasteiger partial charge in [0.25, 0.3) is 0 Å². The third-order valence-corrected chi connectivity index (χ3v) is 2.54. The maximum Gasteiger partial charge on any atom is 0.150 e. The summed E-state index contributed by atoms with van der Waals surface area (Å²) in [4.78, 5) is 4.35. The van der Waals surface area contributed by atoms with Gasteiger partial charge >= 0.3 is 0 Å². The van der Waals surface area contributed by atoms with Gasteiger partial charge in [0.2, 0.25) is 0 Å². The second-order valence-electron chi connectivity index (χ2n) is 3.77. The van der Waals surface area contributed by atoms with E-state index >= 15 is 0 Å². The van der Waals surface area contributed by atoms with Crippen LogP contribution in [0.2, 0.25) is 0 Å². The molecule has 0 aliphatic rings. The predicted molar refractivity (Wildman–Crippen MR) is 62.8 cm³/mol. The van der Waals surface area contributed by atoms with Gasteiger partial charge in [-0.3, -0.25) is 5.10 Å². The number of hydrogen-bond acceptors (Lipinski definition) is 3. The molecule has 0 aliphatic carbocycles.